The number of halogens is 1. The van der Waals surface area contributed by atoms with Gasteiger partial charge in [-0.05, 0) is 48.6 Å². The molecule has 0 N–H and O–H groups in total. The number of Topliss-reactive ketones (excluding diaryl/α,β-unsaturated/α-hetero) is 1. The molecule has 2 aliphatic rings. The standard InChI is InChI=1S/C23H22FNO2/c1-2-15-9-11-16(12-10-15)19-14-22(27)25(18-6-3-5-17(24)13-18)20-7-4-8-21(26)23(19)20/h3,5-6,9-13,19H,2,4,7-8,14H2,1H3. The van der Waals surface area contributed by atoms with Crippen LogP contribution in [-0.2, 0) is 16.0 Å². The number of anilines is 1. The average molecular weight is 363 g/mol. The summed E-state index contributed by atoms with van der Waals surface area (Å²) in [7, 11) is 0. The number of nitrogens with zero attached hydrogens (tertiary/aromatic N) is 1. The minimum atomic E-state index is -0.387. The molecule has 0 saturated heterocycles. The Morgan fingerprint density at radius 3 is 2.56 bits per heavy atom. The Hall–Kier alpha value is -2.75. The Kier molecular flexibility index (Phi) is 4.65. The van der Waals surface area contributed by atoms with Crippen molar-refractivity contribution < 1.29 is 14.0 Å². The van der Waals surface area contributed by atoms with Crippen LogP contribution < -0.4 is 4.90 Å². The predicted octanol–water partition coefficient (Wildman–Crippen LogP) is 4.92. The number of aryl methyl sites for hydroxylation is 1. The van der Waals surface area contributed by atoms with Crippen LogP contribution in [0.25, 0.3) is 0 Å². The zero-order valence-corrected chi connectivity index (χ0v) is 15.4. The van der Waals surface area contributed by atoms with Crippen LogP contribution in [0.3, 0.4) is 0 Å². The number of ketones is 1. The summed E-state index contributed by atoms with van der Waals surface area (Å²) in [6.07, 6.45) is 3.06. The van der Waals surface area contributed by atoms with E-state index < -0.39 is 0 Å². The van der Waals surface area contributed by atoms with E-state index in [0.29, 0.717) is 18.5 Å². The van der Waals surface area contributed by atoms with E-state index in [1.807, 2.05) is 12.1 Å². The fraction of sp³-hybridized carbons (Fsp3) is 0.304. The molecule has 1 heterocycles. The van der Waals surface area contributed by atoms with Crippen molar-refractivity contribution >= 4 is 17.4 Å². The summed E-state index contributed by atoms with van der Waals surface area (Å²) >= 11 is 0. The Morgan fingerprint density at radius 2 is 1.85 bits per heavy atom. The van der Waals surface area contributed by atoms with Crippen LogP contribution in [0, 0.1) is 5.82 Å². The van der Waals surface area contributed by atoms with Crippen molar-refractivity contribution in [1.82, 2.24) is 0 Å². The largest absolute Gasteiger partial charge is 0.294 e. The highest BCUT2D eigenvalue weighted by Gasteiger charge is 2.39. The molecule has 3 nitrogen and oxygen atoms in total. The monoisotopic (exact) mass is 363 g/mol. The molecule has 1 unspecified atom stereocenters. The van der Waals surface area contributed by atoms with E-state index in [9.17, 15) is 14.0 Å². The molecule has 2 aromatic carbocycles. The first-order valence-electron chi connectivity index (χ1n) is 9.52. The highest BCUT2D eigenvalue weighted by Crippen LogP contribution is 2.43. The molecule has 1 atom stereocenters. The van der Waals surface area contributed by atoms with E-state index in [2.05, 4.69) is 19.1 Å². The first kappa shape index (κ1) is 17.7. The van der Waals surface area contributed by atoms with E-state index in [1.54, 1.807) is 17.0 Å². The summed E-state index contributed by atoms with van der Waals surface area (Å²) < 4.78 is 13.7. The summed E-state index contributed by atoms with van der Waals surface area (Å²) in [4.78, 5) is 27.4. The highest BCUT2D eigenvalue weighted by atomic mass is 19.1. The molecule has 0 fully saturated rings. The summed E-state index contributed by atoms with van der Waals surface area (Å²) in [6.45, 7) is 2.10. The first-order chi connectivity index (χ1) is 13.1. The lowest BCUT2D eigenvalue weighted by Crippen LogP contribution is -2.40. The topological polar surface area (TPSA) is 37.4 Å². The molecular weight excluding hydrogens is 341 g/mol. The molecule has 1 amide bonds. The molecule has 0 aromatic heterocycles. The number of hydrogen-bond donors (Lipinski definition) is 0. The molecule has 2 aromatic rings. The lowest BCUT2D eigenvalue weighted by Gasteiger charge is -2.38. The molecule has 0 saturated carbocycles. The molecular formula is C23H22FNO2. The number of benzene rings is 2. The van der Waals surface area contributed by atoms with Gasteiger partial charge in [0.05, 0.1) is 5.69 Å². The van der Waals surface area contributed by atoms with Crippen molar-refractivity contribution in [3.8, 4) is 0 Å². The van der Waals surface area contributed by atoms with Crippen molar-refractivity contribution in [3.05, 3.63) is 76.7 Å². The van der Waals surface area contributed by atoms with E-state index >= 15 is 0 Å². The Bertz CT molecular complexity index is 930. The second-order valence-corrected chi connectivity index (χ2v) is 7.20. The summed E-state index contributed by atoms with van der Waals surface area (Å²) in [5, 5.41) is 0. The maximum atomic E-state index is 13.7. The van der Waals surface area contributed by atoms with Crippen LogP contribution in [0.5, 0.6) is 0 Å². The lowest BCUT2D eigenvalue weighted by atomic mass is 9.77. The SMILES string of the molecule is CCc1ccc(C2CC(=O)N(c3cccc(F)c3)C3=C2C(=O)CCC3)cc1. The average Bonchev–Trinajstić information content (AvgIpc) is 2.67. The van der Waals surface area contributed by atoms with Gasteiger partial charge in [0.25, 0.3) is 0 Å². The van der Waals surface area contributed by atoms with Gasteiger partial charge in [0.1, 0.15) is 5.82 Å². The zero-order chi connectivity index (χ0) is 19.0. The maximum absolute atomic E-state index is 13.7. The third kappa shape index (κ3) is 3.20. The van der Waals surface area contributed by atoms with E-state index in [4.69, 9.17) is 0 Å². The molecule has 27 heavy (non-hydrogen) atoms. The van der Waals surface area contributed by atoms with Crippen molar-refractivity contribution in [2.45, 2.75) is 44.9 Å². The summed E-state index contributed by atoms with van der Waals surface area (Å²) in [5.74, 6) is -0.578. The Balaban J connectivity index is 1.82. The van der Waals surface area contributed by atoms with Gasteiger partial charge in [-0.2, -0.15) is 0 Å². The summed E-state index contributed by atoms with van der Waals surface area (Å²) in [6, 6.07) is 14.2. The quantitative estimate of drug-likeness (QED) is 0.776. The molecule has 1 aliphatic carbocycles. The van der Waals surface area contributed by atoms with Gasteiger partial charge in [0.15, 0.2) is 5.78 Å². The van der Waals surface area contributed by atoms with Gasteiger partial charge in [-0.25, -0.2) is 4.39 Å². The molecule has 4 heteroatoms. The van der Waals surface area contributed by atoms with Gasteiger partial charge in [0.2, 0.25) is 5.91 Å². The van der Waals surface area contributed by atoms with Crippen LogP contribution in [0.15, 0.2) is 59.8 Å². The smallest absolute Gasteiger partial charge is 0.232 e. The van der Waals surface area contributed by atoms with Gasteiger partial charge in [0, 0.05) is 30.0 Å². The van der Waals surface area contributed by atoms with Crippen LogP contribution in [0.1, 0.15) is 49.7 Å². The van der Waals surface area contributed by atoms with Gasteiger partial charge < -0.3 is 0 Å². The van der Waals surface area contributed by atoms with Crippen LogP contribution in [-0.4, -0.2) is 11.7 Å². The third-order valence-corrected chi connectivity index (χ3v) is 5.53. The Morgan fingerprint density at radius 1 is 1.07 bits per heavy atom. The normalized spacial score (nSPS) is 20.1. The molecule has 138 valence electrons. The fourth-order valence-electron chi connectivity index (χ4n) is 4.18. The number of rotatable bonds is 3. The minimum absolute atomic E-state index is 0.0846. The van der Waals surface area contributed by atoms with Crippen LogP contribution in [0.2, 0.25) is 0 Å². The number of allylic oxidation sites excluding steroid dienone is 2. The fourth-order valence-corrected chi connectivity index (χ4v) is 4.18. The van der Waals surface area contributed by atoms with E-state index in [1.165, 1.54) is 17.7 Å². The molecule has 0 spiro atoms. The molecule has 0 radical (unpaired) electrons. The third-order valence-electron chi connectivity index (χ3n) is 5.53. The zero-order valence-electron chi connectivity index (χ0n) is 15.4. The van der Waals surface area contributed by atoms with Crippen molar-refractivity contribution in [1.29, 1.82) is 0 Å². The van der Waals surface area contributed by atoms with Gasteiger partial charge >= 0.3 is 0 Å². The van der Waals surface area contributed by atoms with Gasteiger partial charge in [-0.1, -0.05) is 37.3 Å². The lowest BCUT2D eigenvalue weighted by molar-refractivity contribution is -0.119. The second-order valence-electron chi connectivity index (χ2n) is 7.20. The van der Waals surface area contributed by atoms with E-state index in [0.717, 1.165) is 29.7 Å². The van der Waals surface area contributed by atoms with Crippen molar-refractivity contribution in [2.24, 2.45) is 0 Å². The van der Waals surface area contributed by atoms with Gasteiger partial charge in [-0.15, -0.1) is 0 Å². The molecule has 0 bridgehead atoms. The number of carbonyl (C=O) groups excluding carboxylic acids is 2. The Labute approximate surface area is 158 Å². The van der Waals surface area contributed by atoms with E-state index in [-0.39, 0.29) is 29.8 Å². The molecule has 1 aliphatic heterocycles. The maximum Gasteiger partial charge on any atom is 0.232 e. The summed E-state index contributed by atoms with van der Waals surface area (Å²) in [5.41, 5.74) is 4.21. The van der Waals surface area contributed by atoms with Crippen molar-refractivity contribution in [2.75, 3.05) is 4.90 Å². The highest BCUT2D eigenvalue weighted by molar-refractivity contribution is 6.07. The second kappa shape index (κ2) is 7.10. The van der Waals surface area contributed by atoms with Crippen LogP contribution >= 0.6 is 0 Å². The molecule has 4 rings (SSSR count). The van der Waals surface area contributed by atoms with Crippen molar-refractivity contribution in [3.63, 3.8) is 0 Å². The predicted molar refractivity (Wildman–Crippen MR) is 103 cm³/mol. The van der Waals surface area contributed by atoms with Gasteiger partial charge in [-0.3, -0.25) is 14.5 Å². The number of amides is 1. The van der Waals surface area contributed by atoms with Crippen LogP contribution in [0.4, 0.5) is 10.1 Å². The first-order valence-corrected chi connectivity index (χ1v) is 9.52. The number of carbonyl (C=O) groups is 2. The number of hydrogen-bond acceptors (Lipinski definition) is 2. The minimum Gasteiger partial charge on any atom is -0.294 e.